The zero-order valence-electron chi connectivity index (χ0n) is 14.3. The minimum absolute atomic E-state index is 0.202. The summed E-state index contributed by atoms with van der Waals surface area (Å²) < 4.78 is 0. The second kappa shape index (κ2) is 10.0. The summed E-state index contributed by atoms with van der Waals surface area (Å²) in [5, 5.41) is 12.5. The molecule has 0 amide bonds. The first-order valence-corrected chi connectivity index (χ1v) is 8.50. The molecule has 0 aromatic carbocycles. The van der Waals surface area contributed by atoms with Crippen LogP contribution >= 0.6 is 0 Å². The van der Waals surface area contributed by atoms with E-state index in [0.717, 1.165) is 44.6 Å². The van der Waals surface area contributed by atoms with Crippen molar-refractivity contribution < 1.29 is 5.11 Å². The lowest BCUT2D eigenvalue weighted by Gasteiger charge is -2.24. The largest absolute Gasteiger partial charge is 0.396 e. The highest BCUT2D eigenvalue weighted by Crippen LogP contribution is 2.17. The molecular formula is C16H34N4O. The van der Waals surface area contributed by atoms with Crippen LogP contribution in [0.3, 0.4) is 0 Å². The maximum Gasteiger partial charge on any atom is 0.193 e. The van der Waals surface area contributed by atoms with Crippen molar-refractivity contribution in [1.29, 1.82) is 0 Å². The molecule has 124 valence electrons. The standard InChI is InChI=1S/C16H34N4O/c1-5-17-16(18-10-14(4)13-21)20-9-8-15(12-20)11-19(6-2)7-3/h14-15,21H,5-13H2,1-4H3,(H,17,18). The normalized spacial score (nSPS) is 21.1. The molecule has 0 spiro atoms. The first-order valence-electron chi connectivity index (χ1n) is 8.50. The fourth-order valence-electron chi connectivity index (χ4n) is 2.75. The molecule has 2 N–H and O–H groups in total. The molecular weight excluding hydrogens is 264 g/mol. The maximum absolute atomic E-state index is 9.13. The predicted molar refractivity (Wildman–Crippen MR) is 89.7 cm³/mol. The van der Waals surface area contributed by atoms with E-state index >= 15 is 0 Å². The Hall–Kier alpha value is -0.810. The van der Waals surface area contributed by atoms with Gasteiger partial charge in [0.25, 0.3) is 0 Å². The highest BCUT2D eigenvalue weighted by Gasteiger charge is 2.25. The van der Waals surface area contributed by atoms with Crippen molar-refractivity contribution in [3.05, 3.63) is 0 Å². The molecule has 0 bridgehead atoms. The molecule has 0 aliphatic carbocycles. The van der Waals surface area contributed by atoms with Gasteiger partial charge in [0.05, 0.1) is 0 Å². The zero-order chi connectivity index (χ0) is 15.7. The molecule has 1 aliphatic rings. The molecule has 5 heteroatoms. The van der Waals surface area contributed by atoms with Crippen molar-refractivity contribution in [3.63, 3.8) is 0 Å². The molecule has 0 saturated carbocycles. The fraction of sp³-hybridized carbons (Fsp3) is 0.938. The average Bonchev–Trinajstić information content (AvgIpc) is 2.96. The van der Waals surface area contributed by atoms with Crippen LogP contribution < -0.4 is 5.32 Å². The van der Waals surface area contributed by atoms with E-state index in [2.05, 4.69) is 40.9 Å². The fourth-order valence-corrected chi connectivity index (χ4v) is 2.75. The van der Waals surface area contributed by atoms with Crippen LogP contribution in [0, 0.1) is 11.8 Å². The van der Waals surface area contributed by atoms with Crippen LogP contribution in [-0.2, 0) is 0 Å². The molecule has 21 heavy (non-hydrogen) atoms. The van der Waals surface area contributed by atoms with Crippen molar-refractivity contribution >= 4 is 5.96 Å². The molecule has 2 atom stereocenters. The van der Waals surface area contributed by atoms with Gasteiger partial charge < -0.3 is 20.2 Å². The minimum atomic E-state index is 0.202. The Balaban J connectivity index is 2.53. The summed E-state index contributed by atoms with van der Waals surface area (Å²) in [4.78, 5) is 9.56. The Kier molecular flexibility index (Phi) is 8.69. The van der Waals surface area contributed by atoms with Crippen molar-refractivity contribution in [3.8, 4) is 0 Å². The lowest BCUT2D eigenvalue weighted by molar-refractivity contribution is 0.241. The number of aliphatic hydroxyl groups excluding tert-OH is 1. The molecule has 1 heterocycles. The summed E-state index contributed by atoms with van der Waals surface area (Å²) in [5.74, 6) is 1.98. The number of rotatable bonds is 8. The second-order valence-corrected chi connectivity index (χ2v) is 6.07. The third-order valence-corrected chi connectivity index (χ3v) is 4.20. The molecule has 0 aromatic rings. The van der Waals surface area contributed by atoms with E-state index in [9.17, 15) is 0 Å². The average molecular weight is 298 g/mol. The molecule has 1 aliphatic heterocycles. The summed E-state index contributed by atoms with van der Waals surface area (Å²) >= 11 is 0. The van der Waals surface area contributed by atoms with Crippen molar-refractivity contribution in [2.45, 2.75) is 34.1 Å². The van der Waals surface area contributed by atoms with E-state index < -0.39 is 0 Å². The molecule has 5 nitrogen and oxygen atoms in total. The van der Waals surface area contributed by atoms with Gasteiger partial charge in [-0.05, 0) is 38.3 Å². The number of aliphatic imine (C=N–C) groups is 1. The second-order valence-electron chi connectivity index (χ2n) is 6.07. The number of hydrogen-bond donors (Lipinski definition) is 2. The number of guanidine groups is 1. The number of hydrogen-bond acceptors (Lipinski definition) is 3. The van der Waals surface area contributed by atoms with Crippen molar-refractivity contribution in [2.75, 3.05) is 52.4 Å². The Morgan fingerprint density at radius 3 is 2.67 bits per heavy atom. The van der Waals surface area contributed by atoms with Gasteiger partial charge in [-0.1, -0.05) is 20.8 Å². The van der Waals surface area contributed by atoms with Gasteiger partial charge in [-0.3, -0.25) is 4.99 Å². The Bertz CT molecular complexity index is 305. The van der Waals surface area contributed by atoms with Crippen LogP contribution in [-0.4, -0.2) is 73.3 Å². The van der Waals surface area contributed by atoms with E-state index in [-0.39, 0.29) is 12.5 Å². The van der Waals surface area contributed by atoms with Gasteiger partial charge in [-0.2, -0.15) is 0 Å². The van der Waals surface area contributed by atoms with Gasteiger partial charge >= 0.3 is 0 Å². The van der Waals surface area contributed by atoms with Gasteiger partial charge in [0.2, 0.25) is 0 Å². The summed E-state index contributed by atoms with van der Waals surface area (Å²) in [6.45, 7) is 16.0. The Morgan fingerprint density at radius 1 is 1.38 bits per heavy atom. The minimum Gasteiger partial charge on any atom is -0.396 e. The number of nitrogens with one attached hydrogen (secondary N) is 1. The molecule has 1 fully saturated rings. The number of likely N-dealkylation sites (tertiary alicyclic amines) is 1. The zero-order valence-corrected chi connectivity index (χ0v) is 14.3. The van der Waals surface area contributed by atoms with Crippen LogP contribution in [0.15, 0.2) is 4.99 Å². The SMILES string of the molecule is CCNC(=NCC(C)CO)N1CCC(CN(CC)CC)C1. The highest BCUT2D eigenvalue weighted by atomic mass is 16.3. The molecule has 1 rings (SSSR count). The Labute approximate surface area is 130 Å². The van der Waals surface area contributed by atoms with Crippen LogP contribution in [0.25, 0.3) is 0 Å². The van der Waals surface area contributed by atoms with Gasteiger partial charge in [0.15, 0.2) is 5.96 Å². The lowest BCUT2D eigenvalue weighted by Crippen LogP contribution is -2.41. The highest BCUT2D eigenvalue weighted by molar-refractivity contribution is 5.80. The summed E-state index contributed by atoms with van der Waals surface area (Å²) in [6, 6.07) is 0. The first kappa shape index (κ1) is 18.2. The van der Waals surface area contributed by atoms with Crippen LogP contribution in [0.5, 0.6) is 0 Å². The number of aliphatic hydroxyl groups is 1. The van der Waals surface area contributed by atoms with E-state index in [1.807, 2.05) is 6.92 Å². The van der Waals surface area contributed by atoms with E-state index in [4.69, 9.17) is 5.11 Å². The molecule has 0 aromatic heterocycles. The van der Waals surface area contributed by atoms with E-state index in [1.54, 1.807) is 0 Å². The monoisotopic (exact) mass is 298 g/mol. The Morgan fingerprint density at radius 2 is 2.10 bits per heavy atom. The predicted octanol–water partition coefficient (Wildman–Crippen LogP) is 1.24. The molecule has 0 radical (unpaired) electrons. The third kappa shape index (κ3) is 6.22. The van der Waals surface area contributed by atoms with Crippen LogP contribution in [0.4, 0.5) is 0 Å². The van der Waals surface area contributed by atoms with Gasteiger partial charge in [0, 0.05) is 39.3 Å². The van der Waals surface area contributed by atoms with E-state index in [0.29, 0.717) is 6.54 Å². The first-order chi connectivity index (χ1) is 10.1. The van der Waals surface area contributed by atoms with Crippen LogP contribution in [0.2, 0.25) is 0 Å². The quantitative estimate of drug-likeness (QED) is 0.523. The van der Waals surface area contributed by atoms with E-state index in [1.165, 1.54) is 13.0 Å². The van der Waals surface area contributed by atoms with Gasteiger partial charge in [0.1, 0.15) is 0 Å². The van der Waals surface area contributed by atoms with Crippen LogP contribution in [0.1, 0.15) is 34.1 Å². The van der Waals surface area contributed by atoms with Gasteiger partial charge in [-0.25, -0.2) is 0 Å². The third-order valence-electron chi connectivity index (χ3n) is 4.20. The summed E-state index contributed by atoms with van der Waals surface area (Å²) in [6.07, 6.45) is 1.25. The summed E-state index contributed by atoms with van der Waals surface area (Å²) in [7, 11) is 0. The molecule has 2 unspecified atom stereocenters. The molecule has 1 saturated heterocycles. The lowest BCUT2D eigenvalue weighted by atomic mass is 10.1. The van der Waals surface area contributed by atoms with Crippen molar-refractivity contribution in [1.82, 2.24) is 15.1 Å². The van der Waals surface area contributed by atoms with Gasteiger partial charge in [-0.15, -0.1) is 0 Å². The smallest absolute Gasteiger partial charge is 0.193 e. The summed E-state index contributed by atoms with van der Waals surface area (Å²) in [5.41, 5.74) is 0. The topological polar surface area (TPSA) is 51.1 Å². The maximum atomic E-state index is 9.13. The van der Waals surface area contributed by atoms with Crippen molar-refractivity contribution in [2.24, 2.45) is 16.8 Å². The number of nitrogens with zero attached hydrogens (tertiary/aromatic N) is 3.